The van der Waals surface area contributed by atoms with Gasteiger partial charge in [-0.15, -0.1) is 0 Å². The van der Waals surface area contributed by atoms with Crippen LogP contribution in [0.5, 0.6) is 0 Å². The number of aromatic nitrogens is 1. The predicted octanol–water partition coefficient (Wildman–Crippen LogP) is 1.42. The first-order valence-corrected chi connectivity index (χ1v) is 5.89. The van der Waals surface area contributed by atoms with Crippen molar-refractivity contribution in [2.75, 3.05) is 37.7 Å². The standard InChI is InChI=1S/C12H20N4/c1-16-7-5-10(6-8-16)9-14-12-4-2-3-11(13)15-12/h2-4,10H,5-9H2,1H3,(H3,13,14,15). The Kier molecular flexibility index (Phi) is 3.62. The zero-order chi connectivity index (χ0) is 11.4. The quantitative estimate of drug-likeness (QED) is 0.809. The number of nitrogen functional groups attached to an aromatic ring is 1. The first kappa shape index (κ1) is 11.2. The molecular weight excluding hydrogens is 200 g/mol. The molecule has 0 spiro atoms. The lowest BCUT2D eigenvalue weighted by atomic mass is 9.97. The minimum Gasteiger partial charge on any atom is -0.384 e. The maximum absolute atomic E-state index is 5.63. The second kappa shape index (κ2) is 5.16. The lowest BCUT2D eigenvalue weighted by Gasteiger charge is -2.29. The van der Waals surface area contributed by atoms with E-state index >= 15 is 0 Å². The van der Waals surface area contributed by atoms with E-state index in [0.717, 1.165) is 18.3 Å². The summed E-state index contributed by atoms with van der Waals surface area (Å²) in [7, 11) is 2.18. The van der Waals surface area contributed by atoms with Gasteiger partial charge in [0, 0.05) is 6.54 Å². The second-order valence-electron chi connectivity index (χ2n) is 4.58. The van der Waals surface area contributed by atoms with Crippen LogP contribution in [0.1, 0.15) is 12.8 Å². The molecule has 4 heteroatoms. The van der Waals surface area contributed by atoms with Gasteiger partial charge in [-0.05, 0) is 51.0 Å². The number of piperidine rings is 1. The number of rotatable bonds is 3. The van der Waals surface area contributed by atoms with Crippen LogP contribution in [0.2, 0.25) is 0 Å². The largest absolute Gasteiger partial charge is 0.384 e. The molecule has 0 atom stereocenters. The van der Waals surface area contributed by atoms with Crippen molar-refractivity contribution < 1.29 is 0 Å². The van der Waals surface area contributed by atoms with Crippen LogP contribution in [0.15, 0.2) is 18.2 Å². The van der Waals surface area contributed by atoms with Gasteiger partial charge in [0.2, 0.25) is 0 Å². The van der Waals surface area contributed by atoms with Crippen LogP contribution in [0.4, 0.5) is 11.6 Å². The van der Waals surface area contributed by atoms with Gasteiger partial charge in [0.15, 0.2) is 0 Å². The molecule has 2 heterocycles. The van der Waals surface area contributed by atoms with Gasteiger partial charge in [-0.2, -0.15) is 0 Å². The lowest BCUT2D eigenvalue weighted by Crippen LogP contribution is -2.33. The van der Waals surface area contributed by atoms with Gasteiger partial charge in [0.25, 0.3) is 0 Å². The van der Waals surface area contributed by atoms with E-state index in [-0.39, 0.29) is 0 Å². The van der Waals surface area contributed by atoms with Gasteiger partial charge in [0.05, 0.1) is 0 Å². The SMILES string of the molecule is CN1CCC(CNc2cccc(N)n2)CC1. The number of hydrogen-bond donors (Lipinski definition) is 2. The zero-order valence-electron chi connectivity index (χ0n) is 9.82. The van der Waals surface area contributed by atoms with Crippen molar-refractivity contribution in [3.63, 3.8) is 0 Å². The maximum Gasteiger partial charge on any atom is 0.128 e. The lowest BCUT2D eigenvalue weighted by molar-refractivity contribution is 0.226. The van der Waals surface area contributed by atoms with Crippen LogP contribution in [0, 0.1) is 5.92 Å². The fraction of sp³-hybridized carbons (Fsp3) is 0.583. The minimum absolute atomic E-state index is 0.577. The van der Waals surface area contributed by atoms with Crippen molar-refractivity contribution in [3.8, 4) is 0 Å². The highest BCUT2D eigenvalue weighted by Gasteiger charge is 2.16. The molecule has 2 rings (SSSR count). The van der Waals surface area contributed by atoms with Crippen LogP contribution in [-0.2, 0) is 0 Å². The van der Waals surface area contributed by atoms with Crippen molar-refractivity contribution in [3.05, 3.63) is 18.2 Å². The monoisotopic (exact) mass is 220 g/mol. The van der Waals surface area contributed by atoms with Crippen molar-refractivity contribution in [1.29, 1.82) is 0 Å². The first-order valence-electron chi connectivity index (χ1n) is 5.89. The topological polar surface area (TPSA) is 54.2 Å². The van der Waals surface area contributed by atoms with Crippen molar-refractivity contribution in [2.24, 2.45) is 5.92 Å². The third-order valence-corrected chi connectivity index (χ3v) is 3.18. The normalized spacial score (nSPS) is 18.6. The number of anilines is 2. The average Bonchev–Trinajstić information content (AvgIpc) is 2.28. The maximum atomic E-state index is 5.63. The Morgan fingerprint density at radius 2 is 2.19 bits per heavy atom. The van der Waals surface area contributed by atoms with Crippen molar-refractivity contribution >= 4 is 11.6 Å². The van der Waals surface area contributed by atoms with Crippen LogP contribution in [0.25, 0.3) is 0 Å². The molecule has 1 saturated heterocycles. The summed E-state index contributed by atoms with van der Waals surface area (Å²) in [5.74, 6) is 2.23. The third kappa shape index (κ3) is 3.10. The van der Waals surface area contributed by atoms with Gasteiger partial charge < -0.3 is 16.0 Å². The third-order valence-electron chi connectivity index (χ3n) is 3.18. The number of nitrogens with two attached hydrogens (primary N) is 1. The summed E-state index contributed by atoms with van der Waals surface area (Å²) in [4.78, 5) is 6.61. The molecule has 1 aliphatic rings. The van der Waals surface area contributed by atoms with Crippen LogP contribution >= 0.6 is 0 Å². The molecule has 0 aromatic carbocycles. The predicted molar refractivity (Wildman–Crippen MR) is 67.4 cm³/mol. The summed E-state index contributed by atoms with van der Waals surface area (Å²) in [6, 6.07) is 5.70. The molecule has 88 valence electrons. The molecule has 1 fully saturated rings. The van der Waals surface area contributed by atoms with E-state index in [0.29, 0.717) is 5.82 Å². The van der Waals surface area contributed by atoms with Crippen LogP contribution in [-0.4, -0.2) is 36.6 Å². The van der Waals surface area contributed by atoms with Crippen LogP contribution < -0.4 is 11.1 Å². The Labute approximate surface area is 96.8 Å². The van der Waals surface area contributed by atoms with Gasteiger partial charge in [0.1, 0.15) is 11.6 Å². The number of nitrogens with one attached hydrogen (secondary N) is 1. The molecule has 0 amide bonds. The summed E-state index contributed by atoms with van der Waals surface area (Å²) in [6.45, 7) is 3.41. The number of pyridine rings is 1. The Morgan fingerprint density at radius 1 is 1.44 bits per heavy atom. The van der Waals surface area contributed by atoms with E-state index in [4.69, 9.17) is 5.73 Å². The summed E-state index contributed by atoms with van der Waals surface area (Å²) < 4.78 is 0. The van der Waals surface area contributed by atoms with Gasteiger partial charge in [-0.25, -0.2) is 4.98 Å². The summed E-state index contributed by atoms with van der Waals surface area (Å²) >= 11 is 0. The van der Waals surface area contributed by atoms with Crippen molar-refractivity contribution in [1.82, 2.24) is 9.88 Å². The van der Waals surface area contributed by atoms with Gasteiger partial charge in [-0.1, -0.05) is 6.07 Å². The van der Waals surface area contributed by atoms with Gasteiger partial charge >= 0.3 is 0 Å². The molecule has 0 radical (unpaired) electrons. The molecule has 4 nitrogen and oxygen atoms in total. The van der Waals surface area contributed by atoms with E-state index in [1.165, 1.54) is 25.9 Å². The van der Waals surface area contributed by atoms with E-state index in [9.17, 15) is 0 Å². The minimum atomic E-state index is 0.577. The molecule has 16 heavy (non-hydrogen) atoms. The Balaban J connectivity index is 1.79. The Hall–Kier alpha value is -1.29. The van der Waals surface area contributed by atoms with E-state index in [1.807, 2.05) is 12.1 Å². The molecule has 1 aromatic heterocycles. The molecule has 3 N–H and O–H groups in total. The Bertz CT molecular complexity index is 332. The van der Waals surface area contributed by atoms with Gasteiger partial charge in [-0.3, -0.25) is 0 Å². The smallest absolute Gasteiger partial charge is 0.128 e. The molecule has 1 aliphatic heterocycles. The highest BCUT2D eigenvalue weighted by Crippen LogP contribution is 2.16. The number of hydrogen-bond acceptors (Lipinski definition) is 4. The highest BCUT2D eigenvalue weighted by molar-refractivity contribution is 5.42. The molecule has 0 unspecified atom stereocenters. The molecule has 1 aromatic rings. The number of likely N-dealkylation sites (tertiary alicyclic amines) is 1. The summed E-state index contributed by atoms with van der Waals surface area (Å²) in [6.07, 6.45) is 2.54. The average molecular weight is 220 g/mol. The van der Waals surface area contributed by atoms with E-state index in [2.05, 4.69) is 22.2 Å². The second-order valence-corrected chi connectivity index (χ2v) is 4.58. The number of nitrogens with zero attached hydrogens (tertiary/aromatic N) is 2. The Morgan fingerprint density at radius 3 is 2.88 bits per heavy atom. The first-order chi connectivity index (χ1) is 7.74. The van der Waals surface area contributed by atoms with E-state index in [1.54, 1.807) is 6.07 Å². The molecule has 0 saturated carbocycles. The molecule has 0 bridgehead atoms. The van der Waals surface area contributed by atoms with Crippen LogP contribution in [0.3, 0.4) is 0 Å². The molecular formula is C12H20N4. The fourth-order valence-corrected chi connectivity index (χ4v) is 2.07. The van der Waals surface area contributed by atoms with Crippen molar-refractivity contribution in [2.45, 2.75) is 12.8 Å². The zero-order valence-corrected chi connectivity index (χ0v) is 9.82. The van der Waals surface area contributed by atoms with E-state index < -0.39 is 0 Å². The summed E-state index contributed by atoms with van der Waals surface area (Å²) in [5.41, 5.74) is 5.63. The fourth-order valence-electron chi connectivity index (χ4n) is 2.07. The molecule has 0 aliphatic carbocycles. The summed E-state index contributed by atoms with van der Waals surface area (Å²) in [5, 5.41) is 3.36. The highest BCUT2D eigenvalue weighted by atomic mass is 15.1.